The lowest BCUT2D eigenvalue weighted by Gasteiger charge is -2.22. The molecule has 0 aromatic heterocycles. The van der Waals surface area contributed by atoms with E-state index in [2.05, 4.69) is 12.2 Å². The predicted octanol–water partition coefficient (Wildman–Crippen LogP) is 3.07. The van der Waals surface area contributed by atoms with Crippen molar-refractivity contribution >= 4 is 11.8 Å². The van der Waals surface area contributed by atoms with Crippen LogP contribution in [-0.4, -0.2) is 31.6 Å². The van der Waals surface area contributed by atoms with Gasteiger partial charge in [0, 0.05) is 29.2 Å². The summed E-state index contributed by atoms with van der Waals surface area (Å²) in [4.78, 5) is 0.765. The molecule has 1 aromatic rings. The zero-order valence-corrected chi connectivity index (χ0v) is 11.8. The third-order valence-electron chi connectivity index (χ3n) is 3.32. The molecule has 2 nitrogen and oxygen atoms in total. The van der Waals surface area contributed by atoms with Crippen LogP contribution in [0, 0.1) is 17.6 Å². The first kappa shape index (κ1) is 14.8. The van der Waals surface area contributed by atoms with Gasteiger partial charge in [0.05, 0.1) is 6.61 Å². The summed E-state index contributed by atoms with van der Waals surface area (Å²) in [5, 5.41) is 3.45. The third kappa shape index (κ3) is 4.16. The first-order valence-corrected chi connectivity index (χ1v) is 7.58. The van der Waals surface area contributed by atoms with Gasteiger partial charge < -0.3 is 10.1 Å². The van der Waals surface area contributed by atoms with Gasteiger partial charge in [-0.1, -0.05) is 6.92 Å². The second kappa shape index (κ2) is 7.22. The van der Waals surface area contributed by atoms with Crippen LogP contribution in [0.25, 0.3) is 0 Å². The maximum absolute atomic E-state index is 13.1. The Hall–Kier alpha value is -0.650. The van der Waals surface area contributed by atoms with E-state index in [9.17, 15) is 8.78 Å². The standard InChI is InChI=1S/C14H19F2NOS/c1-2-17-14(10-5-6-18-8-10)9-19-11-3-4-12(15)13(16)7-11/h3-4,7,10,14,17H,2,5-6,8-9H2,1H3. The van der Waals surface area contributed by atoms with Crippen molar-refractivity contribution in [2.75, 3.05) is 25.5 Å². The van der Waals surface area contributed by atoms with E-state index in [1.807, 2.05) is 0 Å². The van der Waals surface area contributed by atoms with Crippen LogP contribution in [0.5, 0.6) is 0 Å². The maximum atomic E-state index is 13.1. The van der Waals surface area contributed by atoms with Crippen LogP contribution in [0.2, 0.25) is 0 Å². The molecule has 2 atom stereocenters. The predicted molar refractivity (Wildman–Crippen MR) is 73.5 cm³/mol. The molecule has 5 heteroatoms. The highest BCUT2D eigenvalue weighted by atomic mass is 32.2. The van der Waals surface area contributed by atoms with Crippen molar-refractivity contribution in [3.8, 4) is 0 Å². The van der Waals surface area contributed by atoms with E-state index in [4.69, 9.17) is 4.74 Å². The summed E-state index contributed by atoms with van der Waals surface area (Å²) in [5.41, 5.74) is 0. The van der Waals surface area contributed by atoms with Crippen LogP contribution in [0.15, 0.2) is 23.1 Å². The lowest BCUT2D eigenvalue weighted by molar-refractivity contribution is 0.179. The zero-order valence-electron chi connectivity index (χ0n) is 11.0. The normalized spacial score (nSPS) is 20.7. The second-order valence-electron chi connectivity index (χ2n) is 4.67. The fourth-order valence-electron chi connectivity index (χ4n) is 2.25. The van der Waals surface area contributed by atoms with Crippen molar-refractivity contribution in [3.63, 3.8) is 0 Å². The molecule has 1 heterocycles. The minimum absolute atomic E-state index is 0.352. The van der Waals surface area contributed by atoms with Crippen LogP contribution in [-0.2, 0) is 4.74 Å². The highest BCUT2D eigenvalue weighted by Gasteiger charge is 2.25. The number of hydrogen-bond donors (Lipinski definition) is 1. The van der Waals surface area contributed by atoms with E-state index in [1.54, 1.807) is 17.8 Å². The van der Waals surface area contributed by atoms with E-state index in [-0.39, 0.29) is 0 Å². The smallest absolute Gasteiger partial charge is 0.159 e. The van der Waals surface area contributed by atoms with E-state index >= 15 is 0 Å². The van der Waals surface area contributed by atoms with E-state index in [0.717, 1.165) is 36.8 Å². The summed E-state index contributed by atoms with van der Waals surface area (Å²) in [5.74, 6) is -0.226. The van der Waals surface area contributed by atoms with Crippen LogP contribution in [0.1, 0.15) is 13.3 Å². The van der Waals surface area contributed by atoms with Gasteiger partial charge in [0.15, 0.2) is 11.6 Å². The van der Waals surface area contributed by atoms with Crippen molar-refractivity contribution in [1.29, 1.82) is 0 Å². The van der Waals surface area contributed by atoms with Gasteiger partial charge in [-0.05, 0) is 31.2 Å². The summed E-state index contributed by atoms with van der Waals surface area (Å²) in [6.45, 7) is 4.59. The Labute approximate surface area is 116 Å². The topological polar surface area (TPSA) is 21.3 Å². The summed E-state index contributed by atoms with van der Waals surface area (Å²) in [6.07, 6.45) is 1.07. The van der Waals surface area contributed by atoms with Crippen molar-refractivity contribution in [2.24, 2.45) is 5.92 Å². The van der Waals surface area contributed by atoms with Crippen molar-refractivity contribution in [3.05, 3.63) is 29.8 Å². The number of hydrogen-bond acceptors (Lipinski definition) is 3. The Morgan fingerprint density at radius 1 is 1.42 bits per heavy atom. The monoisotopic (exact) mass is 287 g/mol. The molecular weight excluding hydrogens is 268 g/mol. The lowest BCUT2D eigenvalue weighted by Crippen LogP contribution is -2.38. The second-order valence-corrected chi connectivity index (χ2v) is 5.77. The molecule has 0 spiro atoms. The van der Waals surface area contributed by atoms with Crippen LogP contribution < -0.4 is 5.32 Å². The number of nitrogens with one attached hydrogen (secondary N) is 1. The molecule has 0 bridgehead atoms. The Kier molecular flexibility index (Phi) is 5.60. The summed E-state index contributed by atoms with van der Waals surface area (Å²) in [6, 6.07) is 4.41. The highest BCUT2D eigenvalue weighted by Crippen LogP contribution is 2.25. The molecule has 0 aliphatic carbocycles. The van der Waals surface area contributed by atoms with Gasteiger partial charge >= 0.3 is 0 Å². The molecule has 19 heavy (non-hydrogen) atoms. The fraction of sp³-hybridized carbons (Fsp3) is 0.571. The fourth-order valence-corrected chi connectivity index (χ4v) is 3.36. The number of rotatable bonds is 6. The SMILES string of the molecule is CCNC(CSc1ccc(F)c(F)c1)C1CCOC1. The molecule has 0 amide bonds. The number of ether oxygens (including phenoxy) is 1. The quantitative estimate of drug-likeness (QED) is 0.813. The maximum Gasteiger partial charge on any atom is 0.159 e. The van der Waals surface area contributed by atoms with Crippen LogP contribution in [0.4, 0.5) is 8.78 Å². The zero-order chi connectivity index (χ0) is 13.7. The molecule has 2 unspecified atom stereocenters. The van der Waals surface area contributed by atoms with E-state index in [1.165, 1.54) is 12.1 Å². The average Bonchev–Trinajstić information content (AvgIpc) is 2.92. The molecule has 2 rings (SSSR count). The Balaban J connectivity index is 1.91. The summed E-state index contributed by atoms with van der Waals surface area (Å²) >= 11 is 1.55. The minimum Gasteiger partial charge on any atom is -0.381 e. The van der Waals surface area contributed by atoms with Crippen molar-refractivity contribution < 1.29 is 13.5 Å². The molecule has 0 saturated carbocycles. The largest absolute Gasteiger partial charge is 0.381 e. The summed E-state index contributed by atoms with van der Waals surface area (Å²) < 4.78 is 31.4. The Morgan fingerprint density at radius 2 is 2.26 bits per heavy atom. The molecule has 1 saturated heterocycles. The van der Waals surface area contributed by atoms with Crippen LogP contribution >= 0.6 is 11.8 Å². The number of benzene rings is 1. The van der Waals surface area contributed by atoms with E-state index < -0.39 is 11.6 Å². The molecule has 0 radical (unpaired) electrons. The summed E-state index contributed by atoms with van der Waals surface area (Å²) in [7, 11) is 0. The van der Waals surface area contributed by atoms with Crippen LogP contribution in [0.3, 0.4) is 0 Å². The van der Waals surface area contributed by atoms with Gasteiger partial charge in [-0.15, -0.1) is 11.8 Å². The van der Waals surface area contributed by atoms with Gasteiger partial charge in [-0.25, -0.2) is 8.78 Å². The molecule has 1 fully saturated rings. The number of thioether (sulfide) groups is 1. The number of halogens is 2. The van der Waals surface area contributed by atoms with E-state index in [0.29, 0.717) is 12.0 Å². The average molecular weight is 287 g/mol. The Morgan fingerprint density at radius 3 is 2.89 bits per heavy atom. The molecule has 106 valence electrons. The third-order valence-corrected chi connectivity index (χ3v) is 4.43. The van der Waals surface area contributed by atoms with Crippen molar-refractivity contribution in [2.45, 2.75) is 24.3 Å². The van der Waals surface area contributed by atoms with Gasteiger partial charge in [0.1, 0.15) is 0 Å². The van der Waals surface area contributed by atoms with Gasteiger partial charge in [-0.2, -0.15) is 0 Å². The molecule has 1 aromatic carbocycles. The van der Waals surface area contributed by atoms with Gasteiger partial charge in [0.2, 0.25) is 0 Å². The molecule has 1 N–H and O–H groups in total. The lowest BCUT2D eigenvalue weighted by atomic mass is 10.0. The van der Waals surface area contributed by atoms with Gasteiger partial charge in [-0.3, -0.25) is 0 Å². The molecule has 1 aliphatic heterocycles. The van der Waals surface area contributed by atoms with Crippen molar-refractivity contribution in [1.82, 2.24) is 5.32 Å². The highest BCUT2D eigenvalue weighted by molar-refractivity contribution is 7.99. The molecule has 1 aliphatic rings. The Bertz CT molecular complexity index is 410. The first-order chi connectivity index (χ1) is 9.20. The first-order valence-electron chi connectivity index (χ1n) is 6.59. The minimum atomic E-state index is -0.795. The molecular formula is C14H19F2NOS. The van der Waals surface area contributed by atoms with Gasteiger partial charge in [0.25, 0.3) is 0 Å².